The first-order valence-electron chi connectivity index (χ1n) is 6.67. The minimum atomic E-state index is -0.636. The molecule has 0 spiro atoms. The van der Waals surface area contributed by atoms with Gasteiger partial charge < -0.3 is 14.8 Å². The Kier molecular flexibility index (Phi) is 3.98. The van der Waals surface area contributed by atoms with Crippen molar-refractivity contribution in [2.24, 2.45) is 5.92 Å². The Hall–Kier alpha value is -1.71. The van der Waals surface area contributed by atoms with Crippen LogP contribution in [-0.4, -0.2) is 25.7 Å². The van der Waals surface area contributed by atoms with Crippen LogP contribution in [0.25, 0.3) is 0 Å². The number of benzene rings is 1. The van der Waals surface area contributed by atoms with E-state index in [-0.39, 0.29) is 5.97 Å². The summed E-state index contributed by atoms with van der Waals surface area (Å²) >= 11 is 0. The zero-order chi connectivity index (χ0) is 13.9. The number of para-hydroxylation sites is 2. The molecular formula is C15H21NO3. The van der Waals surface area contributed by atoms with Crippen LogP contribution in [0.15, 0.2) is 24.3 Å². The summed E-state index contributed by atoms with van der Waals surface area (Å²) < 4.78 is 10.3. The largest absolute Gasteiger partial charge is 0.495 e. The molecule has 1 aromatic carbocycles. The highest BCUT2D eigenvalue weighted by atomic mass is 16.5. The first kappa shape index (κ1) is 13.7. The molecule has 2 rings (SSSR count). The highest BCUT2D eigenvalue weighted by molar-refractivity contribution is 5.86. The molecule has 1 aliphatic rings. The lowest BCUT2D eigenvalue weighted by Crippen LogP contribution is -2.49. The maximum atomic E-state index is 12.2. The normalized spacial score (nSPS) is 17.4. The average molecular weight is 263 g/mol. The van der Waals surface area contributed by atoms with E-state index < -0.39 is 5.54 Å². The molecule has 1 saturated carbocycles. The highest BCUT2D eigenvalue weighted by Gasteiger charge is 2.51. The lowest BCUT2D eigenvalue weighted by Gasteiger charge is -2.32. The number of hydrogen-bond acceptors (Lipinski definition) is 4. The van der Waals surface area contributed by atoms with Gasteiger partial charge in [-0.15, -0.1) is 0 Å². The Morgan fingerprint density at radius 3 is 2.58 bits per heavy atom. The molecule has 4 nitrogen and oxygen atoms in total. The van der Waals surface area contributed by atoms with E-state index in [0.29, 0.717) is 12.3 Å². The topological polar surface area (TPSA) is 47.6 Å². The first-order valence-corrected chi connectivity index (χ1v) is 6.67. The zero-order valence-electron chi connectivity index (χ0n) is 11.7. The van der Waals surface area contributed by atoms with Gasteiger partial charge >= 0.3 is 5.97 Å². The fraction of sp³-hybridized carbons (Fsp3) is 0.533. The summed E-state index contributed by atoms with van der Waals surface area (Å²) in [5.74, 6) is 0.892. The maximum Gasteiger partial charge on any atom is 0.331 e. The van der Waals surface area contributed by atoms with Gasteiger partial charge in [-0.3, -0.25) is 0 Å². The molecule has 1 unspecified atom stereocenters. The van der Waals surface area contributed by atoms with Crippen molar-refractivity contribution < 1.29 is 14.3 Å². The molecule has 0 bridgehead atoms. The number of hydrogen-bond donors (Lipinski definition) is 1. The van der Waals surface area contributed by atoms with Crippen molar-refractivity contribution >= 4 is 11.7 Å². The van der Waals surface area contributed by atoms with Crippen LogP contribution < -0.4 is 10.1 Å². The number of esters is 1. The molecule has 1 fully saturated rings. The Balaban J connectivity index is 2.32. The number of carbonyl (C=O) groups is 1. The molecule has 0 aromatic heterocycles. The van der Waals surface area contributed by atoms with Crippen molar-refractivity contribution in [1.29, 1.82) is 0 Å². The van der Waals surface area contributed by atoms with Crippen LogP contribution in [0.5, 0.6) is 5.75 Å². The molecule has 4 heteroatoms. The number of carbonyl (C=O) groups excluding carboxylic acids is 1. The number of anilines is 1. The standard InChI is InChI=1S/C15H21NO3/c1-4-15(11-9-10-11,14(17)19-3)16-12-7-5-6-8-13(12)18-2/h5-8,11,16H,4,9-10H2,1-3H3. The second-order valence-electron chi connectivity index (χ2n) is 4.92. The van der Waals surface area contributed by atoms with Crippen molar-refractivity contribution in [3.63, 3.8) is 0 Å². The van der Waals surface area contributed by atoms with E-state index in [2.05, 4.69) is 5.32 Å². The highest BCUT2D eigenvalue weighted by Crippen LogP contribution is 2.45. The SMILES string of the molecule is CCC(Nc1ccccc1OC)(C(=O)OC)C1CC1. The predicted octanol–water partition coefficient (Wildman–Crippen LogP) is 2.84. The fourth-order valence-corrected chi connectivity index (χ4v) is 2.59. The third kappa shape index (κ3) is 2.53. The molecule has 0 aliphatic heterocycles. The minimum Gasteiger partial charge on any atom is -0.495 e. The lowest BCUT2D eigenvalue weighted by molar-refractivity contribution is -0.147. The predicted molar refractivity (Wildman–Crippen MR) is 74.4 cm³/mol. The minimum absolute atomic E-state index is 0.191. The van der Waals surface area contributed by atoms with Crippen LogP contribution in [0.1, 0.15) is 26.2 Å². The number of rotatable bonds is 6. The molecule has 19 heavy (non-hydrogen) atoms. The van der Waals surface area contributed by atoms with E-state index in [1.807, 2.05) is 31.2 Å². The van der Waals surface area contributed by atoms with Crippen molar-refractivity contribution in [1.82, 2.24) is 0 Å². The average Bonchev–Trinajstić information content (AvgIpc) is 3.29. The second-order valence-corrected chi connectivity index (χ2v) is 4.92. The molecule has 1 N–H and O–H groups in total. The summed E-state index contributed by atoms with van der Waals surface area (Å²) in [7, 11) is 3.07. The van der Waals surface area contributed by atoms with Crippen LogP contribution in [0, 0.1) is 5.92 Å². The molecule has 1 aromatic rings. The van der Waals surface area contributed by atoms with E-state index in [4.69, 9.17) is 9.47 Å². The number of ether oxygens (including phenoxy) is 2. The van der Waals surface area contributed by atoms with Crippen LogP contribution in [0.3, 0.4) is 0 Å². The summed E-state index contributed by atoms with van der Waals surface area (Å²) in [4.78, 5) is 12.2. The Morgan fingerprint density at radius 2 is 2.05 bits per heavy atom. The van der Waals surface area contributed by atoms with Gasteiger partial charge in [0.05, 0.1) is 19.9 Å². The molecule has 1 aliphatic carbocycles. The number of methoxy groups -OCH3 is 2. The zero-order valence-corrected chi connectivity index (χ0v) is 11.7. The Bertz CT molecular complexity index is 456. The van der Waals surface area contributed by atoms with Crippen molar-refractivity contribution in [2.45, 2.75) is 31.7 Å². The fourth-order valence-electron chi connectivity index (χ4n) is 2.59. The van der Waals surface area contributed by atoms with Gasteiger partial charge in [0.15, 0.2) is 0 Å². The van der Waals surface area contributed by atoms with Crippen molar-refractivity contribution in [2.75, 3.05) is 19.5 Å². The second kappa shape index (κ2) is 5.51. The Morgan fingerprint density at radius 1 is 1.37 bits per heavy atom. The van der Waals surface area contributed by atoms with Gasteiger partial charge in [-0.1, -0.05) is 19.1 Å². The summed E-state index contributed by atoms with van der Waals surface area (Å²) in [5.41, 5.74) is 0.202. The summed E-state index contributed by atoms with van der Waals surface area (Å²) in [5, 5.41) is 3.37. The summed E-state index contributed by atoms with van der Waals surface area (Å²) in [6, 6.07) is 7.64. The first-order chi connectivity index (χ1) is 9.17. The summed E-state index contributed by atoms with van der Waals surface area (Å²) in [6.45, 7) is 2.01. The van der Waals surface area contributed by atoms with Crippen molar-refractivity contribution in [3.8, 4) is 5.75 Å². The van der Waals surface area contributed by atoms with Gasteiger partial charge in [-0.05, 0) is 37.3 Å². The quantitative estimate of drug-likeness (QED) is 0.802. The van der Waals surface area contributed by atoms with Gasteiger partial charge in [0.1, 0.15) is 11.3 Å². The molecule has 0 saturated heterocycles. The van der Waals surface area contributed by atoms with Crippen LogP contribution in [-0.2, 0) is 9.53 Å². The smallest absolute Gasteiger partial charge is 0.331 e. The van der Waals surface area contributed by atoms with E-state index in [9.17, 15) is 4.79 Å². The lowest BCUT2D eigenvalue weighted by atomic mass is 9.89. The van der Waals surface area contributed by atoms with Gasteiger partial charge in [-0.2, -0.15) is 0 Å². The molecule has 0 amide bonds. The molecular weight excluding hydrogens is 242 g/mol. The van der Waals surface area contributed by atoms with Gasteiger partial charge in [-0.25, -0.2) is 4.79 Å². The van der Waals surface area contributed by atoms with Crippen LogP contribution >= 0.6 is 0 Å². The third-order valence-corrected chi connectivity index (χ3v) is 3.85. The van der Waals surface area contributed by atoms with Crippen LogP contribution in [0.4, 0.5) is 5.69 Å². The molecule has 0 radical (unpaired) electrons. The monoisotopic (exact) mass is 263 g/mol. The van der Waals surface area contributed by atoms with Gasteiger partial charge in [0.2, 0.25) is 0 Å². The van der Waals surface area contributed by atoms with E-state index in [0.717, 1.165) is 24.3 Å². The van der Waals surface area contributed by atoms with Crippen LogP contribution in [0.2, 0.25) is 0 Å². The summed E-state index contributed by atoms with van der Waals surface area (Å²) in [6.07, 6.45) is 2.82. The van der Waals surface area contributed by atoms with Crippen molar-refractivity contribution in [3.05, 3.63) is 24.3 Å². The molecule has 0 heterocycles. The molecule has 1 atom stereocenters. The van der Waals surface area contributed by atoms with Gasteiger partial charge in [0, 0.05) is 0 Å². The maximum absolute atomic E-state index is 12.2. The van der Waals surface area contributed by atoms with E-state index in [1.165, 1.54) is 7.11 Å². The Labute approximate surface area is 114 Å². The molecule has 104 valence electrons. The number of nitrogens with one attached hydrogen (secondary N) is 1. The van der Waals surface area contributed by atoms with E-state index >= 15 is 0 Å². The van der Waals surface area contributed by atoms with Gasteiger partial charge in [0.25, 0.3) is 0 Å². The van der Waals surface area contributed by atoms with E-state index in [1.54, 1.807) is 7.11 Å². The third-order valence-electron chi connectivity index (χ3n) is 3.85.